The lowest BCUT2D eigenvalue weighted by Crippen LogP contribution is -2.14. The van der Waals surface area contributed by atoms with Gasteiger partial charge in [0.2, 0.25) is 5.91 Å². The van der Waals surface area contributed by atoms with E-state index in [0.29, 0.717) is 21.6 Å². The van der Waals surface area contributed by atoms with E-state index >= 15 is 0 Å². The van der Waals surface area contributed by atoms with Crippen LogP contribution in [0.15, 0.2) is 66.9 Å². The Morgan fingerprint density at radius 2 is 1.44 bits per heavy atom. The minimum Gasteiger partial charge on any atom is -0.340 e. The number of aromatic nitrogens is 1. The summed E-state index contributed by atoms with van der Waals surface area (Å²) in [6.45, 7) is 0. The van der Waals surface area contributed by atoms with Crippen LogP contribution in [-0.4, -0.2) is 10.9 Å². The van der Waals surface area contributed by atoms with Crippen LogP contribution in [-0.2, 0) is 11.2 Å². The Bertz CT molecular complexity index is 847. The lowest BCUT2D eigenvalue weighted by Gasteiger charge is -2.08. The highest BCUT2D eigenvalue weighted by Gasteiger charge is 2.05. The van der Waals surface area contributed by atoms with Crippen LogP contribution < -0.4 is 10.6 Å². The van der Waals surface area contributed by atoms with E-state index in [1.54, 1.807) is 42.6 Å². The summed E-state index contributed by atoms with van der Waals surface area (Å²) < 4.78 is 0. The summed E-state index contributed by atoms with van der Waals surface area (Å²) in [4.78, 5) is 16.4. The Labute approximate surface area is 155 Å². The first-order valence-corrected chi connectivity index (χ1v) is 8.37. The van der Waals surface area contributed by atoms with E-state index in [0.717, 1.165) is 11.3 Å². The number of rotatable bonds is 5. The molecule has 0 saturated heterocycles. The lowest BCUT2D eigenvalue weighted by molar-refractivity contribution is -0.115. The van der Waals surface area contributed by atoms with Crippen LogP contribution in [0.1, 0.15) is 5.56 Å². The van der Waals surface area contributed by atoms with Gasteiger partial charge >= 0.3 is 0 Å². The standard InChI is InChI=1S/C19H15Cl2N3O/c20-14-3-1-13(2-4-14)11-19(25)24-17-9-10-18(22-12-17)23-16-7-5-15(21)6-8-16/h1-10,12H,11H2,(H,22,23)(H,24,25). The van der Waals surface area contributed by atoms with Gasteiger partial charge in [-0.2, -0.15) is 0 Å². The van der Waals surface area contributed by atoms with Gasteiger partial charge in [0, 0.05) is 15.7 Å². The van der Waals surface area contributed by atoms with Gasteiger partial charge in [0.05, 0.1) is 18.3 Å². The molecule has 0 fully saturated rings. The van der Waals surface area contributed by atoms with Crippen LogP contribution in [0.5, 0.6) is 0 Å². The van der Waals surface area contributed by atoms with Gasteiger partial charge < -0.3 is 10.6 Å². The molecule has 0 radical (unpaired) electrons. The predicted octanol–water partition coefficient (Wildman–Crippen LogP) is 5.31. The summed E-state index contributed by atoms with van der Waals surface area (Å²) in [6.07, 6.45) is 1.89. The topological polar surface area (TPSA) is 54.0 Å². The fraction of sp³-hybridized carbons (Fsp3) is 0.0526. The van der Waals surface area contributed by atoms with Gasteiger partial charge in [-0.05, 0) is 54.1 Å². The second-order valence-corrected chi connectivity index (χ2v) is 6.29. The van der Waals surface area contributed by atoms with E-state index in [-0.39, 0.29) is 12.3 Å². The van der Waals surface area contributed by atoms with Crippen LogP contribution in [0.25, 0.3) is 0 Å². The third-order valence-corrected chi connectivity index (χ3v) is 3.95. The maximum atomic E-state index is 12.1. The van der Waals surface area contributed by atoms with Crippen molar-refractivity contribution in [3.05, 3.63) is 82.5 Å². The molecule has 4 nitrogen and oxygen atoms in total. The maximum absolute atomic E-state index is 12.1. The van der Waals surface area contributed by atoms with Gasteiger partial charge in [-0.1, -0.05) is 35.3 Å². The first-order chi connectivity index (χ1) is 12.1. The molecule has 3 rings (SSSR count). The molecular weight excluding hydrogens is 357 g/mol. The molecule has 1 aromatic heterocycles. The van der Waals surface area contributed by atoms with E-state index in [9.17, 15) is 4.79 Å². The minimum atomic E-state index is -0.109. The Morgan fingerprint density at radius 3 is 2.04 bits per heavy atom. The summed E-state index contributed by atoms with van der Waals surface area (Å²) in [5.41, 5.74) is 2.42. The van der Waals surface area contributed by atoms with Crippen LogP contribution in [0.2, 0.25) is 10.0 Å². The predicted molar refractivity (Wildman–Crippen MR) is 103 cm³/mol. The molecule has 1 heterocycles. The molecule has 25 heavy (non-hydrogen) atoms. The van der Waals surface area contributed by atoms with E-state index < -0.39 is 0 Å². The summed E-state index contributed by atoms with van der Waals surface area (Å²) in [5, 5.41) is 7.31. The number of pyridine rings is 1. The number of hydrogen-bond acceptors (Lipinski definition) is 3. The Kier molecular flexibility index (Phi) is 5.53. The summed E-state index contributed by atoms with van der Waals surface area (Å²) in [6, 6.07) is 18.1. The quantitative estimate of drug-likeness (QED) is 0.638. The third-order valence-electron chi connectivity index (χ3n) is 3.44. The SMILES string of the molecule is O=C(Cc1ccc(Cl)cc1)Nc1ccc(Nc2ccc(Cl)cc2)nc1. The molecule has 0 bridgehead atoms. The molecule has 3 aromatic rings. The highest BCUT2D eigenvalue weighted by atomic mass is 35.5. The van der Waals surface area contributed by atoms with Crippen molar-refractivity contribution in [1.29, 1.82) is 0 Å². The first-order valence-electron chi connectivity index (χ1n) is 7.61. The molecule has 1 amide bonds. The largest absolute Gasteiger partial charge is 0.340 e. The minimum absolute atomic E-state index is 0.109. The van der Waals surface area contributed by atoms with Gasteiger partial charge in [0.1, 0.15) is 5.82 Å². The number of halogens is 2. The third kappa shape index (κ3) is 5.21. The van der Waals surface area contributed by atoms with Gasteiger partial charge in [-0.15, -0.1) is 0 Å². The zero-order chi connectivity index (χ0) is 17.6. The van der Waals surface area contributed by atoms with Gasteiger partial charge in [-0.3, -0.25) is 4.79 Å². The average molecular weight is 372 g/mol. The monoisotopic (exact) mass is 371 g/mol. The Balaban J connectivity index is 1.57. The molecule has 0 spiro atoms. The molecule has 2 aromatic carbocycles. The van der Waals surface area contributed by atoms with Gasteiger partial charge in [0.25, 0.3) is 0 Å². The van der Waals surface area contributed by atoms with Crippen molar-refractivity contribution in [3.8, 4) is 0 Å². The molecule has 6 heteroatoms. The Hall–Kier alpha value is -2.56. The number of carbonyl (C=O) groups is 1. The number of nitrogens with zero attached hydrogens (tertiary/aromatic N) is 1. The van der Waals surface area contributed by atoms with Crippen LogP contribution in [0.3, 0.4) is 0 Å². The van der Waals surface area contributed by atoms with E-state index in [1.807, 2.05) is 24.3 Å². The molecule has 2 N–H and O–H groups in total. The lowest BCUT2D eigenvalue weighted by atomic mass is 10.1. The second kappa shape index (κ2) is 8.01. The summed E-state index contributed by atoms with van der Waals surface area (Å²) in [7, 11) is 0. The van der Waals surface area contributed by atoms with E-state index in [1.165, 1.54) is 0 Å². The Morgan fingerprint density at radius 1 is 0.840 bits per heavy atom. The number of amides is 1. The highest BCUT2D eigenvalue weighted by molar-refractivity contribution is 6.30. The molecule has 0 aliphatic carbocycles. The van der Waals surface area contributed by atoms with E-state index in [4.69, 9.17) is 23.2 Å². The summed E-state index contributed by atoms with van der Waals surface area (Å²) >= 11 is 11.7. The normalized spacial score (nSPS) is 10.3. The number of nitrogens with one attached hydrogen (secondary N) is 2. The van der Waals surface area contributed by atoms with Crippen molar-refractivity contribution >= 4 is 46.3 Å². The van der Waals surface area contributed by atoms with Crippen LogP contribution >= 0.6 is 23.2 Å². The summed E-state index contributed by atoms with van der Waals surface area (Å²) in [5.74, 6) is 0.570. The van der Waals surface area contributed by atoms with Crippen molar-refractivity contribution in [2.45, 2.75) is 6.42 Å². The van der Waals surface area contributed by atoms with Crippen molar-refractivity contribution in [2.75, 3.05) is 10.6 Å². The molecule has 0 atom stereocenters. The number of hydrogen-bond donors (Lipinski definition) is 2. The zero-order valence-corrected chi connectivity index (χ0v) is 14.7. The maximum Gasteiger partial charge on any atom is 0.228 e. The number of carbonyl (C=O) groups excluding carboxylic acids is 1. The van der Waals surface area contributed by atoms with Crippen molar-refractivity contribution in [1.82, 2.24) is 4.98 Å². The second-order valence-electron chi connectivity index (χ2n) is 5.42. The van der Waals surface area contributed by atoms with Crippen LogP contribution in [0, 0.1) is 0 Å². The number of benzene rings is 2. The first kappa shape index (κ1) is 17.3. The van der Waals surface area contributed by atoms with E-state index in [2.05, 4.69) is 15.6 Å². The average Bonchev–Trinajstić information content (AvgIpc) is 2.61. The molecule has 0 aliphatic rings. The molecule has 0 unspecified atom stereocenters. The molecule has 0 saturated carbocycles. The van der Waals surface area contributed by atoms with Crippen LogP contribution in [0.4, 0.5) is 17.2 Å². The van der Waals surface area contributed by atoms with Crippen molar-refractivity contribution in [2.24, 2.45) is 0 Å². The molecular formula is C19H15Cl2N3O. The van der Waals surface area contributed by atoms with Gasteiger partial charge in [-0.25, -0.2) is 4.98 Å². The fourth-order valence-corrected chi connectivity index (χ4v) is 2.47. The fourth-order valence-electron chi connectivity index (χ4n) is 2.22. The number of anilines is 3. The zero-order valence-electron chi connectivity index (χ0n) is 13.2. The van der Waals surface area contributed by atoms with Crippen molar-refractivity contribution in [3.63, 3.8) is 0 Å². The molecule has 0 aliphatic heterocycles. The smallest absolute Gasteiger partial charge is 0.228 e. The van der Waals surface area contributed by atoms with Gasteiger partial charge in [0.15, 0.2) is 0 Å². The molecule has 126 valence electrons. The highest BCUT2D eigenvalue weighted by Crippen LogP contribution is 2.19. The van der Waals surface area contributed by atoms with Crippen molar-refractivity contribution < 1.29 is 4.79 Å².